The van der Waals surface area contributed by atoms with Gasteiger partial charge in [0, 0.05) is 28.8 Å². The first-order valence-electron chi connectivity index (χ1n) is 12.6. The van der Waals surface area contributed by atoms with E-state index in [2.05, 4.69) is 5.32 Å². The topological polar surface area (TPSA) is 96.0 Å². The number of fused-ring (bicyclic) bond motifs is 1. The third kappa shape index (κ3) is 7.03. The first-order valence-corrected chi connectivity index (χ1v) is 14.8. The fourth-order valence-electron chi connectivity index (χ4n) is 4.24. The number of esters is 1. The molecule has 0 unspecified atom stereocenters. The normalized spacial score (nSPS) is 12.6. The van der Waals surface area contributed by atoms with Gasteiger partial charge >= 0.3 is 12.0 Å². The van der Waals surface area contributed by atoms with Gasteiger partial charge in [-0.1, -0.05) is 66.9 Å². The van der Waals surface area contributed by atoms with Gasteiger partial charge in [0.1, 0.15) is 6.54 Å². The molecule has 0 atom stereocenters. The Balaban J connectivity index is 1.60. The average Bonchev–Trinajstić information content (AvgIpc) is 3.34. The van der Waals surface area contributed by atoms with E-state index in [4.69, 9.17) is 27.9 Å². The maximum absolute atomic E-state index is 13.7. The van der Waals surface area contributed by atoms with Gasteiger partial charge in [-0.3, -0.25) is 14.0 Å². The van der Waals surface area contributed by atoms with Gasteiger partial charge < -0.3 is 10.1 Å². The first-order chi connectivity index (χ1) is 18.7. The fraction of sp³-hybridized carbons (Fsp3) is 0.286. The lowest BCUT2D eigenvalue weighted by atomic mass is 10.1. The molecule has 11 heteroatoms. The van der Waals surface area contributed by atoms with Crippen LogP contribution in [0.4, 0.5) is 16.2 Å². The molecular formula is C28H29Cl2N3O5S. The molecule has 8 nitrogen and oxygen atoms in total. The van der Waals surface area contributed by atoms with E-state index in [0.717, 1.165) is 21.9 Å². The van der Waals surface area contributed by atoms with E-state index in [-0.39, 0.29) is 33.3 Å². The summed E-state index contributed by atoms with van der Waals surface area (Å²) < 4.78 is 33.7. The number of carbonyl (C=O) groups is 2. The number of nitrogens with zero attached hydrogens (tertiary/aromatic N) is 2. The Hall–Kier alpha value is -3.27. The van der Waals surface area contributed by atoms with E-state index in [1.807, 2.05) is 37.3 Å². The number of amides is 2. The van der Waals surface area contributed by atoms with Crippen molar-refractivity contribution in [3.05, 3.63) is 87.9 Å². The van der Waals surface area contributed by atoms with Crippen molar-refractivity contribution < 1.29 is 22.7 Å². The van der Waals surface area contributed by atoms with Gasteiger partial charge in [-0.2, -0.15) is 0 Å². The summed E-state index contributed by atoms with van der Waals surface area (Å²) >= 11 is 12.2. The molecule has 1 N–H and O–H groups in total. The van der Waals surface area contributed by atoms with E-state index >= 15 is 0 Å². The summed E-state index contributed by atoms with van der Waals surface area (Å²) in [5, 5.41) is 3.22. The number of carbonyl (C=O) groups excluding carboxylic acids is 2. The summed E-state index contributed by atoms with van der Waals surface area (Å²) in [4.78, 5) is 27.0. The van der Waals surface area contributed by atoms with Crippen molar-refractivity contribution >= 4 is 56.6 Å². The van der Waals surface area contributed by atoms with E-state index in [1.165, 1.54) is 18.2 Å². The monoisotopic (exact) mass is 589 g/mol. The summed E-state index contributed by atoms with van der Waals surface area (Å²) in [6.45, 7) is 2.45. The van der Waals surface area contributed by atoms with E-state index in [9.17, 15) is 18.0 Å². The molecule has 4 rings (SSSR count). The number of hydrogen-bond donors (Lipinski definition) is 1. The summed E-state index contributed by atoms with van der Waals surface area (Å²) in [7, 11) is -4.24. The average molecular weight is 591 g/mol. The minimum atomic E-state index is -4.24. The van der Waals surface area contributed by atoms with Crippen LogP contribution in [-0.2, 0) is 32.5 Å². The highest BCUT2D eigenvalue weighted by molar-refractivity contribution is 7.92. The van der Waals surface area contributed by atoms with Gasteiger partial charge in [-0.15, -0.1) is 0 Å². The molecule has 1 aliphatic rings. The standard InChI is InChI=1S/C28H29Cl2N3O5S/c1-2-3-13-38-27(34)19-33(39(36,37)25-16-22(29)15-23(30)17-25)24-9-10-26-21(14-24)11-12-32(26)28(35)31-18-20-7-5-4-6-8-20/h4-10,14-17H,2-3,11-13,18-19H2,1H3,(H,31,35). The number of nitrogens with one attached hydrogen (secondary N) is 1. The van der Waals surface area contributed by atoms with Crippen molar-refractivity contribution in [1.29, 1.82) is 0 Å². The zero-order chi connectivity index (χ0) is 28.0. The number of sulfonamides is 1. The van der Waals surface area contributed by atoms with Gasteiger partial charge in [-0.05, 0) is 60.4 Å². The number of benzene rings is 3. The second-order valence-corrected chi connectivity index (χ2v) is 11.8. The van der Waals surface area contributed by atoms with Crippen molar-refractivity contribution in [2.24, 2.45) is 0 Å². The SMILES string of the molecule is CCCCOC(=O)CN(c1ccc2c(c1)CCN2C(=O)NCc1ccccc1)S(=O)(=O)c1cc(Cl)cc(Cl)c1. The van der Waals surface area contributed by atoms with Crippen LogP contribution in [0.25, 0.3) is 0 Å². The molecule has 0 spiro atoms. The van der Waals surface area contributed by atoms with Crippen molar-refractivity contribution in [2.45, 2.75) is 37.6 Å². The molecule has 2 amide bonds. The summed E-state index contributed by atoms with van der Waals surface area (Å²) in [5.41, 5.74) is 2.71. The quantitative estimate of drug-likeness (QED) is 0.238. The summed E-state index contributed by atoms with van der Waals surface area (Å²) in [6, 6.07) is 18.3. The number of halogens is 2. The lowest BCUT2D eigenvalue weighted by Crippen LogP contribution is -2.38. The molecule has 0 fully saturated rings. The van der Waals surface area contributed by atoms with Crippen LogP contribution in [0.3, 0.4) is 0 Å². The zero-order valence-electron chi connectivity index (χ0n) is 21.4. The largest absolute Gasteiger partial charge is 0.464 e. The predicted molar refractivity (Wildman–Crippen MR) is 153 cm³/mol. The Labute approximate surface area is 238 Å². The van der Waals surface area contributed by atoms with E-state index in [0.29, 0.717) is 31.6 Å². The molecule has 0 bridgehead atoms. The van der Waals surface area contributed by atoms with Crippen molar-refractivity contribution in [1.82, 2.24) is 5.32 Å². The first kappa shape index (κ1) is 28.7. The molecule has 0 saturated carbocycles. The van der Waals surface area contributed by atoms with Crippen LogP contribution in [0.15, 0.2) is 71.6 Å². The highest BCUT2D eigenvalue weighted by Gasteiger charge is 2.31. The molecular weight excluding hydrogens is 561 g/mol. The lowest BCUT2D eigenvalue weighted by Gasteiger charge is -2.25. The Morgan fingerprint density at radius 3 is 2.44 bits per heavy atom. The van der Waals surface area contributed by atoms with Crippen LogP contribution in [0, 0.1) is 0 Å². The number of hydrogen-bond acceptors (Lipinski definition) is 5. The van der Waals surface area contributed by atoms with Crippen LogP contribution < -0.4 is 14.5 Å². The van der Waals surface area contributed by atoms with Crippen molar-refractivity contribution in [3.8, 4) is 0 Å². The summed E-state index contributed by atoms with van der Waals surface area (Å²) in [5.74, 6) is -0.678. The van der Waals surface area contributed by atoms with Crippen LogP contribution in [-0.4, -0.2) is 40.1 Å². The molecule has 206 valence electrons. The van der Waals surface area contributed by atoms with Crippen molar-refractivity contribution in [3.63, 3.8) is 0 Å². The van der Waals surface area contributed by atoms with Gasteiger partial charge in [0.15, 0.2) is 0 Å². The highest BCUT2D eigenvalue weighted by atomic mass is 35.5. The van der Waals surface area contributed by atoms with Crippen LogP contribution in [0.2, 0.25) is 10.0 Å². The number of rotatable bonds is 10. The van der Waals surface area contributed by atoms with Crippen LogP contribution in [0.1, 0.15) is 30.9 Å². The second-order valence-electron chi connectivity index (χ2n) is 9.05. The minimum absolute atomic E-state index is 0.149. The Morgan fingerprint density at radius 1 is 1.03 bits per heavy atom. The van der Waals surface area contributed by atoms with Gasteiger partial charge in [0.2, 0.25) is 0 Å². The molecule has 1 aliphatic heterocycles. The molecule has 39 heavy (non-hydrogen) atoms. The molecule has 0 saturated heterocycles. The number of ether oxygens (including phenoxy) is 1. The third-order valence-electron chi connectivity index (χ3n) is 6.24. The highest BCUT2D eigenvalue weighted by Crippen LogP contribution is 2.34. The Morgan fingerprint density at radius 2 is 1.74 bits per heavy atom. The number of urea groups is 1. The zero-order valence-corrected chi connectivity index (χ0v) is 23.7. The minimum Gasteiger partial charge on any atom is -0.464 e. The predicted octanol–water partition coefficient (Wildman–Crippen LogP) is 5.80. The number of unbranched alkanes of at least 4 members (excludes halogenated alkanes) is 1. The Bertz CT molecular complexity index is 1430. The smallest absolute Gasteiger partial charge is 0.326 e. The molecule has 3 aromatic carbocycles. The van der Waals surface area contributed by atoms with Gasteiger partial charge in [-0.25, -0.2) is 13.2 Å². The third-order valence-corrected chi connectivity index (χ3v) is 8.42. The maximum atomic E-state index is 13.7. The van der Waals surface area contributed by atoms with E-state index in [1.54, 1.807) is 23.1 Å². The van der Waals surface area contributed by atoms with Crippen LogP contribution in [0.5, 0.6) is 0 Å². The molecule has 1 heterocycles. The van der Waals surface area contributed by atoms with Gasteiger partial charge in [0.05, 0.1) is 17.2 Å². The second kappa shape index (κ2) is 12.7. The molecule has 0 aliphatic carbocycles. The summed E-state index contributed by atoms with van der Waals surface area (Å²) in [6.07, 6.45) is 2.03. The lowest BCUT2D eigenvalue weighted by molar-refractivity contribution is -0.141. The van der Waals surface area contributed by atoms with Gasteiger partial charge in [0.25, 0.3) is 10.0 Å². The molecule has 0 radical (unpaired) electrons. The molecule has 3 aromatic rings. The van der Waals surface area contributed by atoms with Crippen LogP contribution >= 0.6 is 23.2 Å². The fourth-order valence-corrected chi connectivity index (χ4v) is 6.36. The molecule has 0 aromatic heterocycles. The number of anilines is 2. The maximum Gasteiger partial charge on any atom is 0.326 e. The Kier molecular flexibility index (Phi) is 9.37. The van der Waals surface area contributed by atoms with Crippen molar-refractivity contribution in [2.75, 3.05) is 28.9 Å². The van der Waals surface area contributed by atoms with E-state index < -0.39 is 22.5 Å².